The number of halogens is 6. The van der Waals surface area contributed by atoms with Crippen LogP contribution >= 0.6 is 69.6 Å². The Morgan fingerprint density at radius 1 is 0.844 bits per heavy atom. The van der Waals surface area contributed by atoms with Gasteiger partial charge in [-0.05, 0) is 107 Å². The van der Waals surface area contributed by atoms with Crippen LogP contribution < -0.4 is 0 Å². The van der Waals surface area contributed by atoms with Gasteiger partial charge in [-0.25, -0.2) is 9.59 Å². The summed E-state index contributed by atoms with van der Waals surface area (Å²) in [5.41, 5.74) is 0. The molecule has 1 aliphatic heterocycles. The second-order valence-electron chi connectivity index (χ2n) is 6.65. The summed E-state index contributed by atoms with van der Waals surface area (Å²) in [6.45, 7) is 0.717. The maximum atomic E-state index is 11.0. The van der Waals surface area contributed by atoms with Gasteiger partial charge in [-0.2, -0.15) is 0 Å². The van der Waals surface area contributed by atoms with Crippen molar-refractivity contribution >= 4 is 93.7 Å². The maximum Gasteiger partial charge on any atom is 0.533 e. The van der Waals surface area contributed by atoms with E-state index < -0.39 is 32.1 Å². The highest BCUT2D eigenvalue weighted by Gasteiger charge is 2.34. The summed E-state index contributed by atoms with van der Waals surface area (Å²) in [6.07, 6.45) is 2.42. The van der Waals surface area contributed by atoms with Crippen LogP contribution in [0.25, 0.3) is 0 Å². The number of hydrogen-bond acceptors (Lipinski definition) is 9. The molecular weight excluding hydrogens is 563 g/mol. The highest BCUT2D eigenvalue weighted by molar-refractivity contribution is 6.67. The Morgan fingerprint density at radius 3 is 1.59 bits per heavy atom. The number of imide groups is 1. The van der Waals surface area contributed by atoms with E-state index in [0.29, 0.717) is 30.1 Å². The van der Waals surface area contributed by atoms with E-state index in [-0.39, 0.29) is 12.8 Å². The number of amides is 2. The van der Waals surface area contributed by atoms with Crippen molar-refractivity contribution in [1.29, 1.82) is 0 Å². The van der Waals surface area contributed by atoms with Crippen LogP contribution in [0.2, 0.25) is 0 Å². The normalized spacial score (nSPS) is 18.0. The van der Waals surface area contributed by atoms with Crippen molar-refractivity contribution in [3.63, 3.8) is 0 Å². The topological polar surface area (TPSA) is 129 Å². The van der Waals surface area contributed by atoms with Crippen LogP contribution in [0.1, 0.15) is 38.5 Å². The van der Waals surface area contributed by atoms with E-state index in [1.807, 2.05) is 0 Å². The lowest BCUT2D eigenvalue weighted by molar-refractivity contribution is -0.177. The van der Waals surface area contributed by atoms with Gasteiger partial charge in [0.05, 0.1) is 6.61 Å². The average molecular weight is 582 g/mol. The number of rotatable bonds is 4. The molecule has 0 atom stereocenters. The molecular formula is C16H19Cl6NO9. The van der Waals surface area contributed by atoms with Gasteiger partial charge in [0.25, 0.3) is 11.8 Å². The summed E-state index contributed by atoms with van der Waals surface area (Å²) in [6, 6.07) is 0. The van der Waals surface area contributed by atoms with E-state index in [2.05, 4.69) is 14.3 Å². The Kier molecular flexibility index (Phi) is 12.2. The van der Waals surface area contributed by atoms with Crippen LogP contribution in [-0.2, 0) is 28.6 Å². The molecule has 1 saturated heterocycles. The molecule has 0 aromatic carbocycles. The molecule has 0 bridgehead atoms. The van der Waals surface area contributed by atoms with E-state index in [0.717, 1.165) is 12.8 Å². The Balaban J connectivity index is 0.000000268. The minimum Gasteiger partial charge on any atom is -0.432 e. The van der Waals surface area contributed by atoms with Crippen LogP contribution in [0.5, 0.6) is 0 Å². The van der Waals surface area contributed by atoms with Crippen molar-refractivity contribution in [1.82, 2.24) is 5.06 Å². The van der Waals surface area contributed by atoms with Crippen molar-refractivity contribution in [2.45, 2.75) is 46.5 Å². The molecule has 2 saturated carbocycles. The largest absolute Gasteiger partial charge is 0.533 e. The van der Waals surface area contributed by atoms with E-state index in [1.54, 1.807) is 0 Å². The second kappa shape index (κ2) is 13.3. The minimum absolute atomic E-state index is 0.0920. The number of ether oxygens (including phenoxy) is 3. The van der Waals surface area contributed by atoms with Gasteiger partial charge in [0.15, 0.2) is 0 Å². The van der Waals surface area contributed by atoms with Crippen LogP contribution in [0.15, 0.2) is 0 Å². The lowest BCUT2D eigenvalue weighted by Crippen LogP contribution is -2.32. The first-order valence-corrected chi connectivity index (χ1v) is 11.3. The Morgan fingerprint density at radius 2 is 1.28 bits per heavy atom. The van der Waals surface area contributed by atoms with Gasteiger partial charge >= 0.3 is 20.3 Å². The number of carbonyl (C=O) groups is 4. The number of aliphatic hydroxyl groups excluding tert-OH is 1. The average Bonchev–Trinajstić information content (AvgIpc) is 3.53. The number of carbonyl (C=O) groups excluding carboxylic acids is 4. The fourth-order valence-electron chi connectivity index (χ4n) is 1.74. The zero-order valence-corrected chi connectivity index (χ0v) is 20.8. The number of alkyl halides is 6. The number of nitrogens with zero attached hydrogens (tertiary/aromatic N) is 1. The molecule has 0 aromatic rings. The zero-order valence-electron chi connectivity index (χ0n) is 16.2. The highest BCUT2D eigenvalue weighted by atomic mass is 35.6. The van der Waals surface area contributed by atoms with Gasteiger partial charge in [0, 0.05) is 19.4 Å². The molecule has 2 amide bonds. The minimum atomic E-state index is -2.24. The Labute approximate surface area is 213 Å². The molecule has 3 aliphatic rings. The SMILES string of the molecule is O=C(OC(Cl)(Cl)Cl)OC(Cl)(Cl)Cl.O=C(OCC1CC1)ON1C(=O)CCC1=O.OCC1CC1. The van der Waals surface area contributed by atoms with Gasteiger partial charge in [-0.15, -0.1) is 0 Å². The highest BCUT2D eigenvalue weighted by Crippen LogP contribution is 2.32. The van der Waals surface area contributed by atoms with Crippen LogP contribution in [-0.4, -0.2) is 55.5 Å². The molecule has 2 aliphatic carbocycles. The van der Waals surface area contributed by atoms with E-state index >= 15 is 0 Å². The van der Waals surface area contributed by atoms with E-state index in [9.17, 15) is 19.2 Å². The summed E-state index contributed by atoms with van der Waals surface area (Å²) in [4.78, 5) is 48.1. The van der Waals surface area contributed by atoms with Gasteiger partial charge in [-0.3, -0.25) is 14.4 Å². The monoisotopic (exact) mass is 579 g/mol. The number of aliphatic hydroxyl groups is 1. The first-order chi connectivity index (χ1) is 14.7. The van der Waals surface area contributed by atoms with E-state index in [4.69, 9.17) is 79.4 Å². The summed E-state index contributed by atoms with van der Waals surface area (Å²) < 4.78 is 8.22. The molecule has 0 unspecified atom stereocenters. The van der Waals surface area contributed by atoms with Crippen molar-refractivity contribution in [3.8, 4) is 0 Å². The molecule has 3 rings (SSSR count). The van der Waals surface area contributed by atoms with Crippen molar-refractivity contribution < 1.29 is 43.3 Å². The molecule has 184 valence electrons. The van der Waals surface area contributed by atoms with Gasteiger partial charge in [0.1, 0.15) is 0 Å². The van der Waals surface area contributed by atoms with Gasteiger partial charge < -0.3 is 19.3 Å². The molecule has 10 nitrogen and oxygen atoms in total. The van der Waals surface area contributed by atoms with E-state index in [1.165, 1.54) is 12.8 Å². The summed E-state index contributed by atoms with van der Waals surface area (Å²) in [5, 5.41) is 8.69. The summed E-state index contributed by atoms with van der Waals surface area (Å²) in [5.74, 6) is 0.115. The van der Waals surface area contributed by atoms with Crippen molar-refractivity contribution in [3.05, 3.63) is 0 Å². The molecule has 0 spiro atoms. The second-order valence-corrected chi connectivity index (χ2v) is 11.0. The lowest BCUT2D eigenvalue weighted by Gasteiger charge is -2.15. The third kappa shape index (κ3) is 15.3. The van der Waals surface area contributed by atoms with Crippen molar-refractivity contribution in [2.75, 3.05) is 13.2 Å². The molecule has 3 fully saturated rings. The zero-order chi connectivity index (χ0) is 24.5. The number of hydroxylamine groups is 2. The van der Waals surface area contributed by atoms with Gasteiger partial charge in [-0.1, -0.05) is 5.06 Å². The predicted molar refractivity (Wildman–Crippen MR) is 114 cm³/mol. The standard InChI is InChI=1S/C9H11NO5.C4H8O.C3Cl6O3/c11-7-3-4-8(12)10(7)15-9(13)14-5-6-1-2-6;5-3-4-1-2-4;4-2(5,6)11-1(10)12-3(7,8)9/h6H,1-5H2;4-5H,1-3H2;. The lowest BCUT2D eigenvalue weighted by atomic mass is 10.4. The Hall–Kier alpha value is -0.620. The summed E-state index contributed by atoms with van der Waals surface area (Å²) in [7, 11) is 0. The first-order valence-electron chi connectivity index (χ1n) is 9.07. The van der Waals surface area contributed by atoms with Crippen LogP contribution in [0.3, 0.4) is 0 Å². The predicted octanol–water partition coefficient (Wildman–Crippen LogP) is 4.80. The summed E-state index contributed by atoms with van der Waals surface area (Å²) >= 11 is 30.2. The fourth-order valence-corrected chi connectivity index (χ4v) is 2.12. The third-order valence-corrected chi connectivity index (χ3v) is 4.12. The Bertz CT molecular complexity index is 640. The van der Waals surface area contributed by atoms with Gasteiger partial charge in [0.2, 0.25) is 0 Å². The van der Waals surface area contributed by atoms with Crippen molar-refractivity contribution in [2.24, 2.45) is 11.8 Å². The smallest absolute Gasteiger partial charge is 0.432 e. The molecule has 32 heavy (non-hydrogen) atoms. The van der Waals surface area contributed by atoms with Crippen LogP contribution in [0, 0.1) is 11.8 Å². The molecule has 0 aromatic heterocycles. The molecule has 16 heteroatoms. The number of hydrogen-bond donors (Lipinski definition) is 1. The third-order valence-electron chi connectivity index (χ3n) is 3.66. The van der Waals surface area contributed by atoms with Crippen LogP contribution in [0.4, 0.5) is 9.59 Å². The molecule has 0 radical (unpaired) electrons. The molecule has 1 heterocycles. The fraction of sp³-hybridized carbons (Fsp3) is 0.750. The quantitative estimate of drug-likeness (QED) is 0.283. The molecule has 1 N–H and O–H groups in total. The first kappa shape index (κ1) is 29.4. The maximum absolute atomic E-state index is 11.0.